The SMILES string of the molecule is CC(C)CCC(NC(=O)CC1CC2CCC(C1)N2)C(C)(C)C.Cl. The number of amides is 1. The van der Waals surface area contributed by atoms with E-state index in [1.165, 1.54) is 32.1 Å². The zero-order valence-electron chi connectivity index (χ0n) is 15.7. The first-order valence-corrected chi connectivity index (χ1v) is 9.29. The average molecular weight is 345 g/mol. The predicted molar refractivity (Wildman–Crippen MR) is 100.0 cm³/mol. The third-order valence-corrected chi connectivity index (χ3v) is 5.46. The molecule has 2 bridgehead atoms. The van der Waals surface area contributed by atoms with Crippen LogP contribution in [0.25, 0.3) is 0 Å². The molecule has 2 aliphatic rings. The molecule has 2 aliphatic heterocycles. The lowest BCUT2D eigenvalue weighted by atomic mass is 9.82. The predicted octanol–water partition coefficient (Wildman–Crippen LogP) is 4.30. The van der Waals surface area contributed by atoms with Crippen molar-refractivity contribution in [1.29, 1.82) is 0 Å². The Labute approximate surface area is 149 Å². The lowest BCUT2D eigenvalue weighted by Gasteiger charge is -2.34. The summed E-state index contributed by atoms with van der Waals surface area (Å²) in [4.78, 5) is 12.5. The molecule has 3 unspecified atom stereocenters. The highest BCUT2D eigenvalue weighted by Gasteiger charge is 2.35. The van der Waals surface area contributed by atoms with Gasteiger partial charge in [-0.15, -0.1) is 12.4 Å². The average Bonchev–Trinajstić information content (AvgIpc) is 2.72. The van der Waals surface area contributed by atoms with Gasteiger partial charge in [0.05, 0.1) is 0 Å². The maximum absolute atomic E-state index is 12.5. The van der Waals surface area contributed by atoms with Gasteiger partial charge in [0.25, 0.3) is 0 Å². The van der Waals surface area contributed by atoms with Crippen LogP contribution in [0.5, 0.6) is 0 Å². The Hall–Kier alpha value is -0.280. The molecule has 3 nitrogen and oxygen atoms in total. The van der Waals surface area contributed by atoms with Crippen molar-refractivity contribution < 1.29 is 4.79 Å². The molecule has 4 heteroatoms. The van der Waals surface area contributed by atoms with E-state index in [9.17, 15) is 4.79 Å². The van der Waals surface area contributed by atoms with Gasteiger partial charge in [-0.3, -0.25) is 4.79 Å². The molecule has 0 spiro atoms. The quantitative estimate of drug-likeness (QED) is 0.754. The van der Waals surface area contributed by atoms with Crippen molar-refractivity contribution in [1.82, 2.24) is 10.6 Å². The second-order valence-corrected chi connectivity index (χ2v) is 9.14. The van der Waals surface area contributed by atoms with Crippen LogP contribution in [0.3, 0.4) is 0 Å². The Balaban J connectivity index is 0.00000264. The van der Waals surface area contributed by atoms with Crippen LogP contribution in [0, 0.1) is 17.3 Å². The molecule has 0 aliphatic carbocycles. The second kappa shape index (κ2) is 8.71. The van der Waals surface area contributed by atoms with E-state index in [1.54, 1.807) is 0 Å². The molecule has 1 amide bonds. The van der Waals surface area contributed by atoms with E-state index in [2.05, 4.69) is 45.3 Å². The van der Waals surface area contributed by atoms with Crippen LogP contribution in [-0.2, 0) is 4.79 Å². The summed E-state index contributed by atoms with van der Waals surface area (Å²) in [5, 5.41) is 7.01. The fraction of sp³-hybridized carbons (Fsp3) is 0.947. The van der Waals surface area contributed by atoms with Crippen LogP contribution in [0.4, 0.5) is 0 Å². The van der Waals surface area contributed by atoms with Crippen LogP contribution in [0.2, 0.25) is 0 Å². The Morgan fingerprint density at radius 3 is 2.17 bits per heavy atom. The first kappa shape index (κ1) is 20.8. The maximum atomic E-state index is 12.5. The van der Waals surface area contributed by atoms with Crippen LogP contribution in [0.15, 0.2) is 0 Å². The number of nitrogens with one attached hydrogen (secondary N) is 2. The van der Waals surface area contributed by atoms with Gasteiger partial charge in [0.2, 0.25) is 5.91 Å². The summed E-state index contributed by atoms with van der Waals surface area (Å²) >= 11 is 0. The van der Waals surface area contributed by atoms with Gasteiger partial charge in [-0.2, -0.15) is 0 Å². The molecule has 2 rings (SSSR count). The van der Waals surface area contributed by atoms with Gasteiger partial charge < -0.3 is 10.6 Å². The Bertz CT molecular complexity index is 366. The van der Waals surface area contributed by atoms with Gasteiger partial charge in [0.15, 0.2) is 0 Å². The van der Waals surface area contributed by atoms with Gasteiger partial charge in [0, 0.05) is 24.5 Å². The zero-order chi connectivity index (χ0) is 16.3. The third-order valence-electron chi connectivity index (χ3n) is 5.46. The molecule has 0 aromatic rings. The van der Waals surface area contributed by atoms with E-state index >= 15 is 0 Å². The highest BCUT2D eigenvalue weighted by Crippen LogP contribution is 2.33. The highest BCUT2D eigenvalue weighted by molar-refractivity contribution is 5.85. The molecule has 2 N–H and O–H groups in total. The topological polar surface area (TPSA) is 41.1 Å². The molecule has 2 heterocycles. The van der Waals surface area contributed by atoms with Crippen molar-refractivity contribution in [2.75, 3.05) is 0 Å². The number of hydrogen-bond acceptors (Lipinski definition) is 2. The van der Waals surface area contributed by atoms with Gasteiger partial charge in [0.1, 0.15) is 0 Å². The summed E-state index contributed by atoms with van der Waals surface area (Å²) in [6.45, 7) is 11.2. The van der Waals surface area contributed by atoms with Gasteiger partial charge in [-0.05, 0) is 55.8 Å². The smallest absolute Gasteiger partial charge is 0.220 e. The first-order chi connectivity index (χ1) is 10.2. The maximum Gasteiger partial charge on any atom is 0.220 e. The normalized spacial score (nSPS) is 28.3. The van der Waals surface area contributed by atoms with E-state index in [1.807, 2.05) is 0 Å². The standard InChI is InChI=1S/C19H36N2O.ClH/c1-13(2)6-9-17(19(3,4)5)21-18(22)12-14-10-15-7-8-16(11-14)20-15;/h13-17,20H,6-12H2,1-5H3,(H,21,22);1H. The number of carbonyl (C=O) groups is 1. The van der Waals surface area contributed by atoms with Crippen LogP contribution in [-0.4, -0.2) is 24.0 Å². The lowest BCUT2D eigenvalue weighted by molar-refractivity contribution is -0.123. The molecule has 2 saturated heterocycles. The van der Waals surface area contributed by atoms with E-state index < -0.39 is 0 Å². The van der Waals surface area contributed by atoms with Gasteiger partial charge in [-0.25, -0.2) is 0 Å². The Kier molecular flexibility index (Phi) is 7.86. The molecule has 3 atom stereocenters. The number of carbonyl (C=O) groups excluding carboxylic acids is 1. The molecule has 0 aromatic carbocycles. The zero-order valence-corrected chi connectivity index (χ0v) is 16.5. The van der Waals surface area contributed by atoms with Gasteiger partial charge >= 0.3 is 0 Å². The second-order valence-electron chi connectivity index (χ2n) is 9.14. The number of fused-ring (bicyclic) bond motifs is 2. The molecular weight excluding hydrogens is 308 g/mol. The minimum absolute atomic E-state index is 0. The van der Waals surface area contributed by atoms with Gasteiger partial charge in [-0.1, -0.05) is 34.6 Å². The molecule has 23 heavy (non-hydrogen) atoms. The molecule has 136 valence electrons. The number of rotatable bonds is 6. The highest BCUT2D eigenvalue weighted by atomic mass is 35.5. The summed E-state index contributed by atoms with van der Waals surface area (Å²) in [7, 11) is 0. The largest absolute Gasteiger partial charge is 0.353 e. The summed E-state index contributed by atoms with van der Waals surface area (Å²) in [6, 6.07) is 1.65. The molecule has 2 fully saturated rings. The van der Waals surface area contributed by atoms with E-state index in [4.69, 9.17) is 0 Å². The molecule has 0 aromatic heterocycles. The third kappa shape index (κ3) is 6.62. The Morgan fingerprint density at radius 2 is 1.70 bits per heavy atom. The van der Waals surface area contributed by atoms with Crippen molar-refractivity contribution in [2.24, 2.45) is 17.3 Å². The number of halogens is 1. The van der Waals surface area contributed by atoms with E-state index in [0.717, 1.165) is 12.8 Å². The summed E-state index contributed by atoms with van der Waals surface area (Å²) in [5.41, 5.74) is 0.137. The monoisotopic (exact) mass is 344 g/mol. The Morgan fingerprint density at radius 1 is 1.13 bits per heavy atom. The van der Waals surface area contributed by atoms with E-state index in [-0.39, 0.29) is 23.7 Å². The summed E-state index contributed by atoms with van der Waals surface area (Å²) in [6.07, 6.45) is 7.99. The number of piperidine rings is 1. The summed E-state index contributed by atoms with van der Waals surface area (Å²) in [5.74, 6) is 1.56. The van der Waals surface area contributed by atoms with Crippen molar-refractivity contribution in [3.05, 3.63) is 0 Å². The molecule has 0 saturated carbocycles. The summed E-state index contributed by atoms with van der Waals surface area (Å²) < 4.78 is 0. The van der Waals surface area contributed by atoms with E-state index in [0.29, 0.717) is 30.0 Å². The minimum Gasteiger partial charge on any atom is -0.353 e. The first-order valence-electron chi connectivity index (χ1n) is 9.29. The van der Waals surface area contributed by atoms with Crippen molar-refractivity contribution >= 4 is 18.3 Å². The van der Waals surface area contributed by atoms with Crippen LogP contribution < -0.4 is 10.6 Å². The van der Waals surface area contributed by atoms with Crippen molar-refractivity contribution in [3.8, 4) is 0 Å². The van der Waals surface area contributed by atoms with Crippen molar-refractivity contribution in [3.63, 3.8) is 0 Å². The molecule has 0 radical (unpaired) electrons. The van der Waals surface area contributed by atoms with Crippen LogP contribution >= 0.6 is 12.4 Å². The number of hydrogen-bond donors (Lipinski definition) is 2. The lowest BCUT2D eigenvalue weighted by Crippen LogP contribution is -2.45. The van der Waals surface area contributed by atoms with Crippen LogP contribution in [0.1, 0.15) is 79.6 Å². The fourth-order valence-electron chi connectivity index (χ4n) is 4.08. The van der Waals surface area contributed by atoms with Crippen molar-refractivity contribution in [2.45, 2.75) is 97.7 Å². The minimum atomic E-state index is 0. The fourth-order valence-corrected chi connectivity index (χ4v) is 4.08. The molecular formula is C19H37ClN2O.